The van der Waals surface area contributed by atoms with E-state index in [2.05, 4.69) is 76.3 Å². The average molecular weight is 389 g/mol. The number of aryl methyl sites for hydroxylation is 2. The molecule has 4 nitrogen and oxygen atoms in total. The van der Waals surface area contributed by atoms with Gasteiger partial charge in [-0.15, -0.1) is 0 Å². The summed E-state index contributed by atoms with van der Waals surface area (Å²) in [4.78, 5) is 11.2. The van der Waals surface area contributed by atoms with Gasteiger partial charge < -0.3 is 10.2 Å². The normalized spacial score (nSPS) is 12.4. The summed E-state index contributed by atoms with van der Waals surface area (Å²) in [5.41, 5.74) is 4.32. The number of hydrogen-bond acceptors (Lipinski definition) is 3. The summed E-state index contributed by atoms with van der Waals surface area (Å²) in [6, 6.07) is 10.6. The molecule has 128 valence electrons. The van der Waals surface area contributed by atoms with Crippen molar-refractivity contribution in [1.82, 2.24) is 9.88 Å². The summed E-state index contributed by atoms with van der Waals surface area (Å²) in [5.74, 6) is 0.839. The summed E-state index contributed by atoms with van der Waals surface area (Å²) in [5, 5.41) is 3.49. The fraction of sp³-hybridized carbons (Fsp3) is 0.368. The van der Waals surface area contributed by atoms with Crippen molar-refractivity contribution in [2.24, 2.45) is 4.99 Å². The molecule has 0 spiro atoms. The molecule has 1 unspecified atom stereocenters. The molecule has 5 heteroatoms. The van der Waals surface area contributed by atoms with E-state index in [1.165, 1.54) is 11.1 Å². The van der Waals surface area contributed by atoms with Crippen LogP contribution in [0.2, 0.25) is 0 Å². The molecule has 0 aliphatic rings. The maximum Gasteiger partial charge on any atom is 0.141 e. The van der Waals surface area contributed by atoms with Crippen molar-refractivity contribution in [3.8, 4) is 0 Å². The fourth-order valence-corrected chi connectivity index (χ4v) is 2.82. The molecule has 24 heavy (non-hydrogen) atoms. The van der Waals surface area contributed by atoms with E-state index in [1.54, 1.807) is 0 Å². The van der Waals surface area contributed by atoms with Crippen LogP contribution in [0.5, 0.6) is 0 Å². The summed E-state index contributed by atoms with van der Waals surface area (Å²) < 4.78 is 0.917. The second-order valence-electron chi connectivity index (χ2n) is 5.96. The Morgan fingerprint density at radius 3 is 2.71 bits per heavy atom. The zero-order chi connectivity index (χ0) is 17.7. The quantitative estimate of drug-likeness (QED) is 0.542. The van der Waals surface area contributed by atoms with Crippen LogP contribution in [0.3, 0.4) is 0 Å². The topological polar surface area (TPSA) is 40.5 Å². The second-order valence-corrected chi connectivity index (χ2v) is 6.82. The highest BCUT2D eigenvalue weighted by Crippen LogP contribution is 2.31. The summed E-state index contributed by atoms with van der Waals surface area (Å²) in [7, 11) is 2.00. The molecule has 0 amide bonds. The summed E-state index contributed by atoms with van der Waals surface area (Å²) >= 11 is 3.61. The molecule has 0 bridgehead atoms. The highest BCUT2D eigenvalue weighted by Gasteiger charge is 2.12. The molecule has 1 heterocycles. The minimum atomic E-state index is 0.176. The number of nitrogens with one attached hydrogen (secondary N) is 1. The number of nitrogens with zero attached hydrogens (tertiary/aromatic N) is 3. The number of pyridine rings is 1. The second kappa shape index (κ2) is 8.29. The van der Waals surface area contributed by atoms with E-state index < -0.39 is 0 Å². The average Bonchev–Trinajstić information content (AvgIpc) is 2.56. The van der Waals surface area contributed by atoms with Gasteiger partial charge in [-0.1, -0.05) is 24.3 Å². The van der Waals surface area contributed by atoms with Crippen LogP contribution in [0.1, 0.15) is 36.7 Å². The lowest BCUT2D eigenvalue weighted by atomic mass is 10.0. The van der Waals surface area contributed by atoms with Gasteiger partial charge in [0.05, 0.1) is 28.2 Å². The van der Waals surface area contributed by atoms with E-state index >= 15 is 0 Å². The Kier molecular flexibility index (Phi) is 6.37. The Morgan fingerprint density at radius 1 is 1.33 bits per heavy atom. The van der Waals surface area contributed by atoms with Crippen molar-refractivity contribution in [3.63, 3.8) is 0 Å². The summed E-state index contributed by atoms with van der Waals surface area (Å²) in [6.07, 6.45) is 1.83. The Labute approximate surface area is 153 Å². The van der Waals surface area contributed by atoms with Crippen molar-refractivity contribution in [3.05, 3.63) is 51.6 Å². The van der Waals surface area contributed by atoms with Gasteiger partial charge in [0, 0.05) is 13.6 Å². The van der Waals surface area contributed by atoms with Gasteiger partial charge in [0.15, 0.2) is 0 Å². The fourth-order valence-electron chi connectivity index (χ4n) is 2.40. The zero-order valence-corrected chi connectivity index (χ0v) is 16.6. The SMILES string of the molecule is CCN(C)C=Nc1cc(Br)c(NC(C)c2ccccc2C)nc1C. The van der Waals surface area contributed by atoms with Gasteiger partial charge in [-0.05, 0) is 60.8 Å². The van der Waals surface area contributed by atoms with Gasteiger partial charge in [0.2, 0.25) is 0 Å². The van der Waals surface area contributed by atoms with Gasteiger partial charge in [-0.2, -0.15) is 0 Å². The molecule has 1 atom stereocenters. The van der Waals surface area contributed by atoms with Crippen LogP contribution in [-0.2, 0) is 0 Å². The minimum Gasteiger partial charge on any atom is -0.366 e. The monoisotopic (exact) mass is 388 g/mol. The van der Waals surface area contributed by atoms with E-state index in [4.69, 9.17) is 0 Å². The van der Waals surface area contributed by atoms with E-state index in [9.17, 15) is 0 Å². The lowest BCUT2D eigenvalue weighted by Crippen LogP contribution is -2.14. The molecule has 0 saturated carbocycles. The predicted octanol–water partition coefficient (Wildman–Crippen LogP) is 5.25. The van der Waals surface area contributed by atoms with E-state index in [1.807, 2.05) is 31.3 Å². The highest BCUT2D eigenvalue weighted by atomic mass is 79.9. The number of hydrogen-bond donors (Lipinski definition) is 1. The third-order valence-corrected chi connectivity index (χ3v) is 4.65. The van der Waals surface area contributed by atoms with E-state index in [-0.39, 0.29) is 6.04 Å². The lowest BCUT2D eigenvalue weighted by molar-refractivity contribution is 0.552. The molecule has 2 aromatic rings. The van der Waals surface area contributed by atoms with Gasteiger partial charge in [0.1, 0.15) is 5.82 Å². The molecule has 0 aliphatic heterocycles. The van der Waals surface area contributed by atoms with Crippen molar-refractivity contribution in [1.29, 1.82) is 0 Å². The van der Waals surface area contributed by atoms with E-state index in [0.717, 1.165) is 28.2 Å². The van der Waals surface area contributed by atoms with Crippen LogP contribution in [0.15, 0.2) is 39.8 Å². The molecule has 2 rings (SSSR count). The standard InChI is InChI=1S/C19H25BrN4/c1-6-24(5)12-21-18-11-17(20)19(23-15(18)4)22-14(3)16-10-8-7-9-13(16)2/h7-12,14H,6H2,1-5H3,(H,22,23). The lowest BCUT2D eigenvalue weighted by Gasteiger charge is -2.19. The molecule has 0 aliphatic carbocycles. The van der Waals surface area contributed by atoms with E-state index in [0.29, 0.717) is 0 Å². The molecule has 1 aromatic heterocycles. The third kappa shape index (κ3) is 4.57. The minimum absolute atomic E-state index is 0.176. The Balaban J connectivity index is 2.22. The first-order valence-electron chi connectivity index (χ1n) is 8.16. The van der Waals surface area contributed by atoms with Gasteiger partial charge in [-0.3, -0.25) is 0 Å². The van der Waals surface area contributed by atoms with Crippen LogP contribution in [0.25, 0.3) is 0 Å². The van der Waals surface area contributed by atoms with Gasteiger partial charge in [0.25, 0.3) is 0 Å². The smallest absolute Gasteiger partial charge is 0.141 e. The van der Waals surface area contributed by atoms with Crippen molar-refractivity contribution in [2.75, 3.05) is 18.9 Å². The maximum atomic E-state index is 4.68. The predicted molar refractivity (Wildman–Crippen MR) is 106 cm³/mol. The Bertz CT molecular complexity index is 727. The van der Waals surface area contributed by atoms with Crippen molar-refractivity contribution in [2.45, 2.75) is 33.7 Å². The number of anilines is 1. The maximum absolute atomic E-state index is 4.68. The molecule has 1 N–H and O–H groups in total. The molecule has 0 fully saturated rings. The first-order chi connectivity index (χ1) is 11.4. The van der Waals surface area contributed by atoms with Crippen molar-refractivity contribution >= 4 is 33.8 Å². The summed E-state index contributed by atoms with van der Waals surface area (Å²) in [6.45, 7) is 9.27. The highest BCUT2D eigenvalue weighted by molar-refractivity contribution is 9.10. The van der Waals surface area contributed by atoms with Crippen LogP contribution < -0.4 is 5.32 Å². The third-order valence-electron chi connectivity index (χ3n) is 4.04. The van der Waals surface area contributed by atoms with Crippen LogP contribution in [0.4, 0.5) is 11.5 Å². The number of halogens is 1. The van der Waals surface area contributed by atoms with Crippen molar-refractivity contribution < 1.29 is 0 Å². The van der Waals surface area contributed by atoms with Crippen LogP contribution in [0, 0.1) is 13.8 Å². The number of aromatic nitrogens is 1. The largest absolute Gasteiger partial charge is 0.366 e. The molecule has 0 saturated heterocycles. The number of rotatable bonds is 6. The zero-order valence-electron chi connectivity index (χ0n) is 15.0. The number of aliphatic imine (C=N–C) groups is 1. The first kappa shape index (κ1) is 18.5. The molecule has 0 radical (unpaired) electrons. The first-order valence-corrected chi connectivity index (χ1v) is 8.95. The molecule has 1 aromatic carbocycles. The Morgan fingerprint density at radius 2 is 2.04 bits per heavy atom. The molecular weight excluding hydrogens is 364 g/mol. The molecular formula is C19H25BrN4. The van der Waals surface area contributed by atoms with Crippen LogP contribution >= 0.6 is 15.9 Å². The number of benzene rings is 1. The van der Waals surface area contributed by atoms with Gasteiger partial charge in [-0.25, -0.2) is 9.98 Å². The van der Waals surface area contributed by atoms with Crippen LogP contribution in [-0.4, -0.2) is 29.8 Å². The van der Waals surface area contributed by atoms with Gasteiger partial charge >= 0.3 is 0 Å². The Hall–Kier alpha value is -1.88.